The lowest BCUT2D eigenvalue weighted by atomic mass is 9.93. The molecule has 0 aliphatic rings. The molecule has 14 heavy (non-hydrogen) atoms. The van der Waals surface area contributed by atoms with E-state index >= 15 is 0 Å². The lowest BCUT2D eigenvalue weighted by Gasteiger charge is -2.18. The van der Waals surface area contributed by atoms with Gasteiger partial charge in [0.2, 0.25) is 0 Å². The van der Waals surface area contributed by atoms with Crippen molar-refractivity contribution >= 4 is 0 Å². The summed E-state index contributed by atoms with van der Waals surface area (Å²) in [5.41, 5.74) is 1.15. The summed E-state index contributed by atoms with van der Waals surface area (Å²) in [6.07, 6.45) is 0.967. The smallest absolute Gasteiger partial charge is 0.0606 e. The van der Waals surface area contributed by atoms with E-state index in [1.165, 1.54) is 0 Å². The number of rotatable bonds is 5. The first-order chi connectivity index (χ1) is 6.75. The summed E-state index contributed by atoms with van der Waals surface area (Å²) in [5, 5.41) is 18.4. The Hall–Kier alpha value is -0.860. The molecule has 2 unspecified atom stereocenters. The molecule has 0 saturated heterocycles. The van der Waals surface area contributed by atoms with Crippen LogP contribution in [0.4, 0.5) is 0 Å². The van der Waals surface area contributed by atoms with Gasteiger partial charge >= 0.3 is 0 Å². The van der Waals surface area contributed by atoms with Crippen LogP contribution in [0.2, 0.25) is 0 Å². The summed E-state index contributed by atoms with van der Waals surface area (Å²) in [7, 11) is 0. The van der Waals surface area contributed by atoms with E-state index < -0.39 is 0 Å². The number of aliphatic hydroxyl groups excluding tert-OH is 2. The van der Waals surface area contributed by atoms with Gasteiger partial charge < -0.3 is 10.2 Å². The minimum Gasteiger partial charge on any atom is -0.396 e. The zero-order valence-corrected chi connectivity index (χ0v) is 8.56. The van der Waals surface area contributed by atoms with Crippen LogP contribution in [-0.2, 0) is 0 Å². The van der Waals surface area contributed by atoms with Crippen LogP contribution in [0, 0.1) is 0 Å². The maximum atomic E-state index is 9.79. The second-order valence-corrected chi connectivity index (χ2v) is 3.63. The number of aliphatic hydroxyl groups is 2. The summed E-state index contributed by atoms with van der Waals surface area (Å²) in [4.78, 5) is 0. The molecule has 0 aromatic heterocycles. The van der Waals surface area contributed by atoms with Crippen molar-refractivity contribution in [3.05, 3.63) is 35.9 Å². The highest BCUT2D eigenvalue weighted by Crippen LogP contribution is 2.21. The molecule has 0 aliphatic carbocycles. The van der Waals surface area contributed by atoms with Gasteiger partial charge in [0.15, 0.2) is 0 Å². The van der Waals surface area contributed by atoms with Gasteiger partial charge in [-0.1, -0.05) is 37.3 Å². The Kier molecular flexibility index (Phi) is 4.63. The van der Waals surface area contributed by atoms with Gasteiger partial charge in [0.1, 0.15) is 0 Å². The van der Waals surface area contributed by atoms with Crippen LogP contribution in [0.3, 0.4) is 0 Å². The van der Waals surface area contributed by atoms with E-state index in [-0.39, 0.29) is 18.6 Å². The quantitative estimate of drug-likeness (QED) is 0.752. The predicted molar refractivity (Wildman–Crippen MR) is 57.2 cm³/mol. The fraction of sp³-hybridized carbons (Fsp3) is 0.500. The monoisotopic (exact) mass is 194 g/mol. The van der Waals surface area contributed by atoms with Crippen molar-refractivity contribution in [3.63, 3.8) is 0 Å². The van der Waals surface area contributed by atoms with Crippen molar-refractivity contribution < 1.29 is 10.2 Å². The Morgan fingerprint density at radius 3 is 2.43 bits per heavy atom. The average Bonchev–Trinajstić information content (AvgIpc) is 2.26. The zero-order valence-electron chi connectivity index (χ0n) is 8.56. The molecule has 0 amide bonds. The third-order valence-corrected chi connectivity index (χ3v) is 2.56. The SMILES string of the molecule is CC(c1ccccc1)C(O)CCCO. The second kappa shape index (κ2) is 5.78. The zero-order chi connectivity index (χ0) is 10.4. The van der Waals surface area contributed by atoms with Gasteiger partial charge in [-0.25, -0.2) is 0 Å². The van der Waals surface area contributed by atoms with Gasteiger partial charge in [-0.05, 0) is 18.4 Å². The molecule has 78 valence electrons. The molecule has 0 saturated carbocycles. The molecule has 2 atom stereocenters. The standard InChI is InChI=1S/C12H18O2/c1-10(12(14)8-5-9-13)11-6-3-2-4-7-11/h2-4,6-7,10,12-14H,5,8-9H2,1H3. The first-order valence-electron chi connectivity index (χ1n) is 5.09. The van der Waals surface area contributed by atoms with Crippen LogP contribution in [0.25, 0.3) is 0 Å². The van der Waals surface area contributed by atoms with E-state index in [9.17, 15) is 5.11 Å². The van der Waals surface area contributed by atoms with Crippen molar-refractivity contribution in [2.45, 2.75) is 31.8 Å². The first kappa shape index (κ1) is 11.2. The number of hydrogen-bond donors (Lipinski definition) is 2. The molecule has 0 spiro atoms. The van der Waals surface area contributed by atoms with E-state index in [0.717, 1.165) is 5.56 Å². The van der Waals surface area contributed by atoms with Crippen molar-refractivity contribution in [1.82, 2.24) is 0 Å². The van der Waals surface area contributed by atoms with Gasteiger partial charge in [0, 0.05) is 12.5 Å². The predicted octanol–water partition coefficient (Wildman–Crippen LogP) is 1.92. The lowest BCUT2D eigenvalue weighted by molar-refractivity contribution is 0.127. The van der Waals surface area contributed by atoms with E-state index in [1.807, 2.05) is 37.3 Å². The minimum absolute atomic E-state index is 0.141. The molecular weight excluding hydrogens is 176 g/mol. The maximum Gasteiger partial charge on any atom is 0.0606 e. The van der Waals surface area contributed by atoms with Crippen LogP contribution in [-0.4, -0.2) is 22.9 Å². The van der Waals surface area contributed by atoms with Gasteiger partial charge in [-0.15, -0.1) is 0 Å². The molecule has 0 heterocycles. The Morgan fingerprint density at radius 2 is 1.86 bits per heavy atom. The van der Waals surface area contributed by atoms with Crippen LogP contribution < -0.4 is 0 Å². The largest absolute Gasteiger partial charge is 0.396 e. The lowest BCUT2D eigenvalue weighted by Crippen LogP contribution is -2.16. The normalized spacial score (nSPS) is 15.1. The number of benzene rings is 1. The third kappa shape index (κ3) is 3.13. The highest BCUT2D eigenvalue weighted by molar-refractivity contribution is 5.19. The maximum absolute atomic E-state index is 9.79. The molecule has 1 rings (SSSR count). The topological polar surface area (TPSA) is 40.5 Å². The molecule has 1 aromatic carbocycles. The van der Waals surface area contributed by atoms with E-state index in [1.54, 1.807) is 0 Å². The number of hydrogen-bond acceptors (Lipinski definition) is 2. The molecule has 2 nitrogen and oxygen atoms in total. The van der Waals surface area contributed by atoms with Gasteiger partial charge in [0.05, 0.1) is 6.10 Å². The Balaban J connectivity index is 2.52. The van der Waals surface area contributed by atoms with Crippen LogP contribution >= 0.6 is 0 Å². The first-order valence-corrected chi connectivity index (χ1v) is 5.09. The van der Waals surface area contributed by atoms with Crippen molar-refractivity contribution in [1.29, 1.82) is 0 Å². The highest BCUT2D eigenvalue weighted by Gasteiger charge is 2.14. The third-order valence-electron chi connectivity index (χ3n) is 2.56. The van der Waals surface area contributed by atoms with Gasteiger partial charge in [-0.2, -0.15) is 0 Å². The fourth-order valence-electron chi connectivity index (χ4n) is 1.53. The van der Waals surface area contributed by atoms with Crippen LogP contribution in [0.1, 0.15) is 31.2 Å². The molecular formula is C12H18O2. The minimum atomic E-state index is -0.357. The molecule has 2 heteroatoms. The van der Waals surface area contributed by atoms with Crippen LogP contribution in [0.15, 0.2) is 30.3 Å². The molecule has 0 aliphatic heterocycles. The molecule has 0 bridgehead atoms. The summed E-state index contributed by atoms with van der Waals surface area (Å²) in [6, 6.07) is 9.96. The van der Waals surface area contributed by atoms with Crippen molar-refractivity contribution in [2.75, 3.05) is 6.61 Å². The Labute approximate surface area is 85.2 Å². The molecule has 2 N–H and O–H groups in total. The molecule has 0 radical (unpaired) electrons. The van der Waals surface area contributed by atoms with Gasteiger partial charge in [0.25, 0.3) is 0 Å². The summed E-state index contributed by atoms with van der Waals surface area (Å²) >= 11 is 0. The molecule has 0 fully saturated rings. The van der Waals surface area contributed by atoms with Crippen molar-refractivity contribution in [2.24, 2.45) is 0 Å². The second-order valence-electron chi connectivity index (χ2n) is 3.63. The van der Waals surface area contributed by atoms with E-state index in [0.29, 0.717) is 12.8 Å². The molecule has 1 aromatic rings. The fourth-order valence-corrected chi connectivity index (χ4v) is 1.53. The van der Waals surface area contributed by atoms with Crippen LogP contribution in [0.5, 0.6) is 0 Å². The summed E-state index contributed by atoms with van der Waals surface area (Å²) in [5.74, 6) is 0.141. The Bertz CT molecular complexity index is 246. The highest BCUT2D eigenvalue weighted by atomic mass is 16.3. The summed E-state index contributed by atoms with van der Waals surface area (Å²) < 4.78 is 0. The average molecular weight is 194 g/mol. The van der Waals surface area contributed by atoms with Gasteiger partial charge in [-0.3, -0.25) is 0 Å². The Morgan fingerprint density at radius 1 is 1.21 bits per heavy atom. The van der Waals surface area contributed by atoms with E-state index in [2.05, 4.69) is 0 Å². The van der Waals surface area contributed by atoms with Crippen molar-refractivity contribution in [3.8, 4) is 0 Å². The summed E-state index contributed by atoms with van der Waals surface area (Å²) in [6.45, 7) is 2.16. The van der Waals surface area contributed by atoms with E-state index in [4.69, 9.17) is 5.11 Å².